The number of likely N-dealkylation sites (tertiary alicyclic amines) is 1. The van der Waals surface area contributed by atoms with E-state index in [9.17, 15) is 0 Å². The Morgan fingerprint density at radius 3 is 2.67 bits per heavy atom. The van der Waals surface area contributed by atoms with Crippen LogP contribution >= 0.6 is 0 Å². The summed E-state index contributed by atoms with van der Waals surface area (Å²) in [6.45, 7) is 6.67. The minimum absolute atomic E-state index is 0.394. The van der Waals surface area contributed by atoms with Crippen molar-refractivity contribution in [3.63, 3.8) is 0 Å². The maximum Gasteiger partial charge on any atom is 0.138 e. The summed E-state index contributed by atoms with van der Waals surface area (Å²) in [4.78, 5) is 2.53. The summed E-state index contributed by atoms with van der Waals surface area (Å²) < 4.78 is 11.4. The van der Waals surface area contributed by atoms with Gasteiger partial charge in [-0.05, 0) is 56.5 Å². The van der Waals surface area contributed by atoms with Gasteiger partial charge in [-0.3, -0.25) is 4.90 Å². The number of aryl methyl sites for hydroxylation is 2. The summed E-state index contributed by atoms with van der Waals surface area (Å²) >= 11 is 0. The topological polar surface area (TPSA) is 38.5 Å². The first-order chi connectivity index (χ1) is 13.2. The fourth-order valence-electron chi connectivity index (χ4n) is 4.02. The first kappa shape index (κ1) is 17.8. The second-order valence-electron chi connectivity index (χ2n) is 7.29. The largest absolute Gasteiger partial charge is 0.489 e. The maximum absolute atomic E-state index is 5.99. The van der Waals surface area contributed by atoms with E-state index in [2.05, 4.69) is 40.4 Å². The lowest BCUT2D eigenvalue weighted by molar-refractivity contribution is 0.244. The van der Waals surface area contributed by atoms with Crippen molar-refractivity contribution in [1.82, 2.24) is 10.1 Å². The molecule has 3 aromatic rings. The molecule has 0 N–H and O–H groups in total. The van der Waals surface area contributed by atoms with Crippen molar-refractivity contribution < 1.29 is 9.26 Å². The van der Waals surface area contributed by atoms with Gasteiger partial charge in [0.05, 0.1) is 5.69 Å². The molecule has 4 heteroatoms. The zero-order valence-corrected chi connectivity index (χ0v) is 16.0. The van der Waals surface area contributed by atoms with Gasteiger partial charge in [-0.1, -0.05) is 47.6 Å². The highest BCUT2D eigenvalue weighted by Crippen LogP contribution is 2.36. The molecule has 1 atom stereocenters. The Hall–Kier alpha value is -2.59. The lowest BCUT2D eigenvalue weighted by Gasteiger charge is -2.24. The number of hydrogen-bond donors (Lipinski definition) is 0. The highest BCUT2D eigenvalue weighted by atomic mass is 16.5. The predicted octanol–water partition coefficient (Wildman–Crippen LogP) is 5.21. The van der Waals surface area contributed by atoms with Crippen LogP contribution in [0.3, 0.4) is 0 Å². The number of aromatic nitrogens is 1. The molecule has 0 amide bonds. The molecular weight excluding hydrogens is 336 g/mol. The Morgan fingerprint density at radius 2 is 1.89 bits per heavy atom. The average molecular weight is 362 g/mol. The van der Waals surface area contributed by atoms with Gasteiger partial charge in [0, 0.05) is 18.2 Å². The van der Waals surface area contributed by atoms with Crippen molar-refractivity contribution in [2.45, 2.75) is 45.9 Å². The molecule has 1 aliphatic heterocycles. The molecule has 1 aromatic heterocycles. The molecule has 0 saturated carbocycles. The lowest BCUT2D eigenvalue weighted by Crippen LogP contribution is -2.23. The van der Waals surface area contributed by atoms with Gasteiger partial charge in [0.2, 0.25) is 0 Å². The fraction of sp³-hybridized carbons (Fsp3) is 0.348. The normalized spacial score (nSPS) is 17.3. The van der Waals surface area contributed by atoms with Gasteiger partial charge in [0.1, 0.15) is 18.1 Å². The molecule has 0 spiro atoms. The molecule has 2 heterocycles. The third kappa shape index (κ3) is 4.06. The van der Waals surface area contributed by atoms with E-state index in [4.69, 9.17) is 9.26 Å². The molecule has 1 fully saturated rings. The van der Waals surface area contributed by atoms with Crippen LogP contribution in [-0.4, -0.2) is 16.6 Å². The fourth-order valence-corrected chi connectivity index (χ4v) is 4.02. The minimum Gasteiger partial charge on any atom is -0.489 e. The first-order valence-electron chi connectivity index (χ1n) is 9.63. The van der Waals surface area contributed by atoms with Crippen molar-refractivity contribution >= 4 is 0 Å². The Kier molecular flexibility index (Phi) is 5.26. The standard InChI is InChI=1S/C23H26N2O2/c1-17-23(18(2)27-24-17)22-12-7-13-25(22)15-20-10-6-11-21(14-20)26-16-19-8-4-3-5-9-19/h3-6,8-11,14,22H,7,12-13,15-16H2,1-2H3/t22-/m0/s1. The van der Waals surface area contributed by atoms with E-state index < -0.39 is 0 Å². The molecule has 140 valence electrons. The highest BCUT2D eigenvalue weighted by molar-refractivity contribution is 5.30. The Bertz CT molecular complexity index is 869. The molecule has 4 rings (SSSR count). The van der Waals surface area contributed by atoms with E-state index in [1.807, 2.05) is 38.1 Å². The average Bonchev–Trinajstić information content (AvgIpc) is 3.27. The third-order valence-electron chi connectivity index (χ3n) is 5.32. The quantitative estimate of drug-likeness (QED) is 0.603. The molecule has 0 bridgehead atoms. The van der Waals surface area contributed by atoms with Crippen LogP contribution in [0.4, 0.5) is 0 Å². The summed E-state index contributed by atoms with van der Waals surface area (Å²) in [5, 5.41) is 4.15. The van der Waals surface area contributed by atoms with E-state index in [0.29, 0.717) is 12.6 Å². The molecule has 0 unspecified atom stereocenters. The van der Waals surface area contributed by atoms with Crippen molar-refractivity contribution in [2.24, 2.45) is 0 Å². The lowest BCUT2D eigenvalue weighted by atomic mass is 10.0. The summed E-state index contributed by atoms with van der Waals surface area (Å²) in [6, 6.07) is 19.1. The molecule has 1 saturated heterocycles. The smallest absolute Gasteiger partial charge is 0.138 e. The predicted molar refractivity (Wildman–Crippen MR) is 106 cm³/mol. The van der Waals surface area contributed by atoms with E-state index in [-0.39, 0.29) is 0 Å². The number of rotatable bonds is 6. The summed E-state index contributed by atoms with van der Waals surface area (Å²) in [5.41, 5.74) is 4.74. The second kappa shape index (κ2) is 7.97. The van der Waals surface area contributed by atoms with Crippen LogP contribution in [0.2, 0.25) is 0 Å². The molecule has 2 aromatic carbocycles. The van der Waals surface area contributed by atoms with E-state index in [1.54, 1.807) is 0 Å². The monoisotopic (exact) mass is 362 g/mol. The Morgan fingerprint density at radius 1 is 1.07 bits per heavy atom. The van der Waals surface area contributed by atoms with Gasteiger partial charge in [-0.15, -0.1) is 0 Å². The summed E-state index contributed by atoms with van der Waals surface area (Å²) in [5.74, 6) is 1.87. The van der Waals surface area contributed by atoms with E-state index in [0.717, 1.165) is 36.7 Å². The van der Waals surface area contributed by atoms with E-state index in [1.165, 1.54) is 23.1 Å². The molecule has 27 heavy (non-hydrogen) atoms. The van der Waals surface area contributed by atoms with Crippen molar-refractivity contribution in [1.29, 1.82) is 0 Å². The highest BCUT2D eigenvalue weighted by Gasteiger charge is 2.30. The van der Waals surface area contributed by atoms with Crippen molar-refractivity contribution in [3.8, 4) is 5.75 Å². The summed E-state index contributed by atoms with van der Waals surface area (Å²) in [6.07, 6.45) is 2.37. The van der Waals surface area contributed by atoms with Crippen LogP contribution < -0.4 is 4.74 Å². The van der Waals surface area contributed by atoms with Gasteiger partial charge >= 0.3 is 0 Å². The van der Waals surface area contributed by atoms with Crippen molar-refractivity contribution in [3.05, 3.63) is 82.7 Å². The van der Waals surface area contributed by atoms with Crippen LogP contribution in [0.5, 0.6) is 5.75 Å². The molecule has 1 aliphatic rings. The van der Waals surface area contributed by atoms with Crippen LogP contribution in [-0.2, 0) is 13.2 Å². The zero-order valence-electron chi connectivity index (χ0n) is 16.0. The van der Waals surface area contributed by atoms with Crippen LogP contribution in [0, 0.1) is 13.8 Å². The number of hydrogen-bond acceptors (Lipinski definition) is 4. The third-order valence-corrected chi connectivity index (χ3v) is 5.32. The van der Waals surface area contributed by atoms with Gasteiger partial charge in [0.15, 0.2) is 0 Å². The SMILES string of the molecule is Cc1noc(C)c1[C@@H]1CCCN1Cc1cccc(OCc2ccccc2)c1. The molecule has 0 aliphatic carbocycles. The number of nitrogens with zero attached hydrogens (tertiary/aromatic N) is 2. The Balaban J connectivity index is 1.44. The van der Waals surface area contributed by atoms with Gasteiger partial charge in [0.25, 0.3) is 0 Å². The zero-order chi connectivity index (χ0) is 18.6. The Labute approximate surface area is 160 Å². The van der Waals surface area contributed by atoms with Gasteiger partial charge < -0.3 is 9.26 Å². The molecule has 4 nitrogen and oxygen atoms in total. The van der Waals surface area contributed by atoms with Gasteiger partial charge in [-0.2, -0.15) is 0 Å². The first-order valence-corrected chi connectivity index (χ1v) is 9.63. The minimum atomic E-state index is 0.394. The summed E-state index contributed by atoms with van der Waals surface area (Å²) in [7, 11) is 0. The number of ether oxygens (including phenoxy) is 1. The molecular formula is C23H26N2O2. The number of benzene rings is 2. The second-order valence-corrected chi connectivity index (χ2v) is 7.29. The molecule has 0 radical (unpaired) electrons. The van der Waals surface area contributed by atoms with Crippen molar-refractivity contribution in [2.75, 3.05) is 6.54 Å². The van der Waals surface area contributed by atoms with E-state index >= 15 is 0 Å². The van der Waals surface area contributed by atoms with Crippen LogP contribution in [0.1, 0.15) is 47.0 Å². The maximum atomic E-state index is 5.99. The van der Waals surface area contributed by atoms with Crippen LogP contribution in [0.15, 0.2) is 59.1 Å². The van der Waals surface area contributed by atoms with Crippen LogP contribution in [0.25, 0.3) is 0 Å². The van der Waals surface area contributed by atoms with Gasteiger partial charge in [-0.25, -0.2) is 0 Å².